The maximum absolute atomic E-state index is 13.0. The number of halogens is 2. The van der Waals surface area contributed by atoms with Crippen molar-refractivity contribution in [3.05, 3.63) is 53.3 Å². The maximum atomic E-state index is 13.0. The Labute approximate surface area is 155 Å². The average molecular weight is 381 g/mol. The predicted molar refractivity (Wildman–Crippen MR) is 96.2 cm³/mol. The number of nitrogens with one attached hydrogen (secondary N) is 1. The average Bonchev–Trinajstić information content (AvgIpc) is 2.60. The third kappa shape index (κ3) is 5.63. The van der Waals surface area contributed by atoms with Crippen LogP contribution in [0, 0.1) is 5.82 Å². The van der Waals surface area contributed by atoms with Crippen molar-refractivity contribution in [1.29, 1.82) is 0 Å². The standard InChI is InChI=1S/C18H18ClFN2O4/c1-22(10-17(23)21-13-4-3-5-14(9-13)25-2)18(24)11-26-16-7-6-12(20)8-15(16)19/h3-9H,10-11H2,1-2H3,(H,21,23). The van der Waals surface area contributed by atoms with Gasteiger partial charge in [-0.1, -0.05) is 17.7 Å². The molecular formula is C18H18ClFN2O4. The molecule has 1 N–H and O–H groups in total. The van der Waals surface area contributed by atoms with Crippen molar-refractivity contribution < 1.29 is 23.5 Å². The van der Waals surface area contributed by atoms with E-state index in [1.165, 1.54) is 31.2 Å². The Bertz CT molecular complexity index is 801. The van der Waals surface area contributed by atoms with Crippen LogP contribution in [0.25, 0.3) is 0 Å². The highest BCUT2D eigenvalue weighted by Crippen LogP contribution is 2.24. The Kier molecular flexibility index (Phi) is 6.80. The first kappa shape index (κ1) is 19.5. The minimum atomic E-state index is -0.500. The van der Waals surface area contributed by atoms with E-state index in [0.29, 0.717) is 11.4 Å². The molecule has 0 saturated carbocycles. The molecule has 2 rings (SSSR count). The Morgan fingerprint density at radius 1 is 1.23 bits per heavy atom. The van der Waals surface area contributed by atoms with Crippen LogP contribution in [0.2, 0.25) is 5.02 Å². The van der Waals surface area contributed by atoms with Crippen molar-refractivity contribution in [1.82, 2.24) is 4.90 Å². The first-order chi connectivity index (χ1) is 12.4. The van der Waals surface area contributed by atoms with Crippen molar-refractivity contribution in [2.45, 2.75) is 0 Å². The highest BCUT2D eigenvalue weighted by molar-refractivity contribution is 6.32. The number of amides is 2. The van der Waals surface area contributed by atoms with E-state index in [9.17, 15) is 14.0 Å². The topological polar surface area (TPSA) is 67.9 Å². The van der Waals surface area contributed by atoms with Gasteiger partial charge in [0.25, 0.3) is 5.91 Å². The molecule has 2 amide bonds. The number of hydrogen-bond acceptors (Lipinski definition) is 4. The van der Waals surface area contributed by atoms with Gasteiger partial charge in [0.2, 0.25) is 5.91 Å². The van der Waals surface area contributed by atoms with Gasteiger partial charge in [0.15, 0.2) is 6.61 Å². The molecule has 0 aromatic heterocycles. The summed E-state index contributed by atoms with van der Waals surface area (Å²) in [5, 5.41) is 2.74. The van der Waals surface area contributed by atoms with Crippen molar-refractivity contribution in [3.8, 4) is 11.5 Å². The van der Waals surface area contributed by atoms with E-state index in [0.717, 1.165) is 6.07 Å². The van der Waals surface area contributed by atoms with E-state index in [1.807, 2.05) is 0 Å². The molecule has 0 fully saturated rings. The van der Waals surface area contributed by atoms with Crippen LogP contribution in [0.5, 0.6) is 11.5 Å². The van der Waals surface area contributed by atoms with Crippen LogP contribution in [-0.2, 0) is 9.59 Å². The number of rotatable bonds is 7. The van der Waals surface area contributed by atoms with Gasteiger partial charge in [-0.2, -0.15) is 0 Å². The summed E-state index contributed by atoms with van der Waals surface area (Å²) in [4.78, 5) is 25.3. The van der Waals surface area contributed by atoms with Gasteiger partial charge in [-0.25, -0.2) is 4.39 Å². The second kappa shape index (κ2) is 9.05. The molecule has 138 valence electrons. The number of hydrogen-bond donors (Lipinski definition) is 1. The van der Waals surface area contributed by atoms with Crippen LogP contribution in [0.4, 0.5) is 10.1 Å². The fourth-order valence-corrected chi connectivity index (χ4v) is 2.27. The monoisotopic (exact) mass is 380 g/mol. The molecule has 0 radical (unpaired) electrons. The van der Waals surface area contributed by atoms with Gasteiger partial charge in [-0.05, 0) is 30.3 Å². The number of nitrogens with zero attached hydrogens (tertiary/aromatic N) is 1. The number of anilines is 1. The molecule has 0 unspecified atom stereocenters. The van der Waals surface area contributed by atoms with Gasteiger partial charge in [-0.3, -0.25) is 9.59 Å². The SMILES string of the molecule is COc1cccc(NC(=O)CN(C)C(=O)COc2ccc(F)cc2Cl)c1. The minimum absolute atomic E-state index is 0.0659. The highest BCUT2D eigenvalue weighted by Gasteiger charge is 2.15. The third-order valence-corrected chi connectivity index (χ3v) is 3.70. The second-order valence-corrected chi connectivity index (χ2v) is 5.80. The van der Waals surface area contributed by atoms with E-state index < -0.39 is 11.7 Å². The zero-order valence-electron chi connectivity index (χ0n) is 14.3. The zero-order chi connectivity index (χ0) is 19.1. The van der Waals surface area contributed by atoms with E-state index in [-0.39, 0.29) is 29.8 Å². The molecule has 0 bridgehead atoms. The molecule has 0 aliphatic carbocycles. The smallest absolute Gasteiger partial charge is 0.260 e. The van der Waals surface area contributed by atoms with Gasteiger partial charge < -0.3 is 19.7 Å². The Hall–Kier alpha value is -2.80. The minimum Gasteiger partial charge on any atom is -0.497 e. The van der Waals surface area contributed by atoms with Gasteiger partial charge in [-0.15, -0.1) is 0 Å². The summed E-state index contributed by atoms with van der Waals surface area (Å²) >= 11 is 5.83. The molecule has 0 aliphatic rings. The quantitative estimate of drug-likeness (QED) is 0.802. The summed E-state index contributed by atoms with van der Waals surface area (Å²) < 4.78 is 23.3. The molecule has 2 aromatic carbocycles. The summed E-state index contributed by atoms with van der Waals surface area (Å²) in [5.74, 6) is -0.493. The number of methoxy groups -OCH3 is 1. The Balaban J connectivity index is 1.84. The number of benzene rings is 2. The maximum Gasteiger partial charge on any atom is 0.260 e. The third-order valence-electron chi connectivity index (χ3n) is 3.41. The molecule has 0 heterocycles. The van der Waals surface area contributed by atoms with Gasteiger partial charge >= 0.3 is 0 Å². The Morgan fingerprint density at radius 2 is 2.00 bits per heavy atom. The molecular weight excluding hydrogens is 363 g/mol. The summed E-state index contributed by atoms with van der Waals surface area (Å²) in [6, 6.07) is 10.5. The summed E-state index contributed by atoms with van der Waals surface area (Å²) in [6.45, 7) is -0.481. The fourth-order valence-electron chi connectivity index (χ4n) is 2.05. The van der Waals surface area contributed by atoms with Gasteiger partial charge in [0.1, 0.15) is 17.3 Å². The number of carbonyl (C=O) groups is 2. The van der Waals surface area contributed by atoms with Crippen molar-refractivity contribution in [3.63, 3.8) is 0 Å². The first-order valence-electron chi connectivity index (χ1n) is 7.64. The summed E-state index contributed by atoms with van der Waals surface area (Å²) in [7, 11) is 3.00. The lowest BCUT2D eigenvalue weighted by Gasteiger charge is -2.17. The van der Waals surface area contributed by atoms with Crippen LogP contribution >= 0.6 is 11.6 Å². The van der Waals surface area contributed by atoms with Crippen LogP contribution in [0.1, 0.15) is 0 Å². The second-order valence-electron chi connectivity index (χ2n) is 5.39. The van der Waals surface area contributed by atoms with Crippen molar-refractivity contribution >= 4 is 29.1 Å². The van der Waals surface area contributed by atoms with Gasteiger partial charge in [0, 0.05) is 18.8 Å². The number of ether oxygens (including phenoxy) is 2. The van der Waals surface area contributed by atoms with Crippen molar-refractivity contribution in [2.75, 3.05) is 32.6 Å². The lowest BCUT2D eigenvalue weighted by atomic mass is 10.3. The summed E-state index contributed by atoms with van der Waals surface area (Å²) in [6.07, 6.45) is 0. The Morgan fingerprint density at radius 3 is 2.69 bits per heavy atom. The molecule has 8 heteroatoms. The van der Waals surface area contributed by atoms with Gasteiger partial charge in [0.05, 0.1) is 18.7 Å². The van der Waals surface area contributed by atoms with E-state index in [1.54, 1.807) is 24.3 Å². The lowest BCUT2D eigenvalue weighted by Crippen LogP contribution is -2.37. The molecule has 0 aliphatic heterocycles. The van der Waals surface area contributed by atoms with Crippen LogP contribution in [-0.4, -0.2) is 44.0 Å². The lowest BCUT2D eigenvalue weighted by molar-refractivity contribution is -0.135. The highest BCUT2D eigenvalue weighted by atomic mass is 35.5. The molecule has 0 saturated heterocycles. The normalized spacial score (nSPS) is 10.2. The summed E-state index contributed by atoms with van der Waals surface area (Å²) in [5.41, 5.74) is 0.560. The van der Waals surface area contributed by atoms with E-state index in [2.05, 4.69) is 5.32 Å². The number of likely N-dealkylation sites (N-methyl/N-ethyl adjacent to an activating group) is 1. The van der Waals surface area contributed by atoms with E-state index in [4.69, 9.17) is 21.1 Å². The van der Waals surface area contributed by atoms with E-state index >= 15 is 0 Å². The molecule has 26 heavy (non-hydrogen) atoms. The largest absolute Gasteiger partial charge is 0.497 e. The molecule has 0 spiro atoms. The van der Waals surface area contributed by atoms with Crippen LogP contribution < -0.4 is 14.8 Å². The molecule has 6 nitrogen and oxygen atoms in total. The van der Waals surface area contributed by atoms with Crippen molar-refractivity contribution in [2.24, 2.45) is 0 Å². The predicted octanol–water partition coefficient (Wildman–Crippen LogP) is 2.96. The van der Waals surface area contributed by atoms with Crippen LogP contribution in [0.15, 0.2) is 42.5 Å². The fraction of sp³-hybridized carbons (Fsp3) is 0.222. The zero-order valence-corrected chi connectivity index (χ0v) is 15.0. The van der Waals surface area contributed by atoms with Crippen LogP contribution in [0.3, 0.4) is 0 Å². The first-order valence-corrected chi connectivity index (χ1v) is 8.02. The molecule has 2 aromatic rings. The number of carbonyl (C=O) groups excluding carboxylic acids is 2. The molecule has 0 atom stereocenters.